The summed E-state index contributed by atoms with van der Waals surface area (Å²) in [5.41, 5.74) is 1.72. The molecule has 218 valence electrons. The van der Waals surface area contributed by atoms with Crippen LogP contribution >= 0.6 is 0 Å². The van der Waals surface area contributed by atoms with Crippen LogP contribution in [0.4, 0.5) is 4.79 Å². The maximum Gasteiger partial charge on any atom is 0.408 e. The molecule has 0 bridgehead atoms. The van der Waals surface area contributed by atoms with E-state index in [1.165, 1.54) is 12.0 Å². The van der Waals surface area contributed by atoms with Gasteiger partial charge in [0.15, 0.2) is 0 Å². The first-order valence-electron chi connectivity index (χ1n) is 13.3. The van der Waals surface area contributed by atoms with Gasteiger partial charge in [0.2, 0.25) is 11.8 Å². The molecular weight excluding hydrogens is 510 g/mol. The van der Waals surface area contributed by atoms with Gasteiger partial charge < -0.3 is 25.0 Å². The van der Waals surface area contributed by atoms with Crippen molar-refractivity contribution in [3.63, 3.8) is 0 Å². The van der Waals surface area contributed by atoms with Crippen LogP contribution in [0.2, 0.25) is 0 Å². The second-order valence-corrected chi connectivity index (χ2v) is 11.8. The van der Waals surface area contributed by atoms with Gasteiger partial charge in [-0.05, 0) is 77.6 Å². The van der Waals surface area contributed by atoms with Gasteiger partial charge in [0.05, 0.1) is 7.11 Å². The van der Waals surface area contributed by atoms with E-state index in [9.17, 15) is 19.2 Å². The maximum absolute atomic E-state index is 14.4. The molecule has 0 aliphatic heterocycles. The minimum atomic E-state index is -1.10. The Kier molecular flexibility index (Phi) is 10.9. The molecule has 2 atom stereocenters. The predicted molar refractivity (Wildman–Crippen MR) is 154 cm³/mol. The summed E-state index contributed by atoms with van der Waals surface area (Å²) in [6.07, 6.45) is -0.567. The summed E-state index contributed by atoms with van der Waals surface area (Å²) >= 11 is 0. The van der Waals surface area contributed by atoms with Gasteiger partial charge in [-0.2, -0.15) is 0 Å². The summed E-state index contributed by atoms with van der Waals surface area (Å²) in [7, 11) is 1.23. The summed E-state index contributed by atoms with van der Waals surface area (Å²) < 4.78 is 10.2. The van der Waals surface area contributed by atoms with Crippen LogP contribution in [0.5, 0.6) is 0 Å². The van der Waals surface area contributed by atoms with E-state index in [4.69, 9.17) is 4.74 Å². The molecule has 0 aliphatic carbocycles. The van der Waals surface area contributed by atoms with Crippen molar-refractivity contribution in [1.29, 1.82) is 0 Å². The fourth-order valence-corrected chi connectivity index (χ4v) is 4.19. The van der Waals surface area contributed by atoms with Crippen LogP contribution in [0.3, 0.4) is 0 Å². The lowest BCUT2D eigenvalue weighted by molar-refractivity contribution is -0.149. The van der Waals surface area contributed by atoms with E-state index in [1.807, 2.05) is 77.1 Å². The standard InChI is InChI=1S/C31H43N3O6/c1-20-15-16-23(17-21(20)2)26(27(36)32-19-25(35)39-9)34(30(3,4)5)28(37)24(18-22-13-11-10-12-14-22)33-29(38)40-31(6,7)8/h10-17,24,26H,18-19H2,1-9H3,(H,32,36)(H,33,38). The zero-order valence-electron chi connectivity index (χ0n) is 25.1. The number of rotatable bonds is 9. The number of carbonyl (C=O) groups excluding carboxylic acids is 4. The topological polar surface area (TPSA) is 114 Å². The number of hydrogen-bond donors (Lipinski definition) is 2. The monoisotopic (exact) mass is 553 g/mol. The van der Waals surface area contributed by atoms with Crippen molar-refractivity contribution < 1.29 is 28.7 Å². The highest BCUT2D eigenvalue weighted by Gasteiger charge is 2.42. The van der Waals surface area contributed by atoms with E-state index in [1.54, 1.807) is 26.8 Å². The third kappa shape index (κ3) is 9.39. The first kappa shape index (κ1) is 32.3. The van der Waals surface area contributed by atoms with Crippen molar-refractivity contribution in [3.05, 3.63) is 70.8 Å². The number of nitrogens with one attached hydrogen (secondary N) is 2. The summed E-state index contributed by atoms with van der Waals surface area (Å²) in [5, 5.41) is 5.36. The van der Waals surface area contributed by atoms with Crippen LogP contribution in [-0.2, 0) is 30.3 Å². The average Bonchev–Trinajstić information content (AvgIpc) is 2.85. The molecule has 2 aromatic rings. The van der Waals surface area contributed by atoms with E-state index in [0.29, 0.717) is 5.56 Å². The second kappa shape index (κ2) is 13.5. The number of amides is 3. The molecule has 3 amide bonds. The van der Waals surface area contributed by atoms with Crippen molar-refractivity contribution >= 4 is 23.9 Å². The van der Waals surface area contributed by atoms with E-state index in [-0.39, 0.29) is 13.0 Å². The molecule has 0 saturated carbocycles. The lowest BCUT2D eigenvalue weighted by atomic mass is 9.92. The van der Waals surface area contributed by atoms with E-state index >= 15 is 0 Å². The number of methoxy groups -OCH3 is 1. The first-order valence-corrected chi connectivity index (χ1v) is 13.3. The molecule has 0 aromatic heterocycles. The molecule has 0 fully saturated rings. The van der Waals surface area contributed by atoms with Gasteiger partial charge in [-0.1, -0.05) is 48.5 Å². The van der Waals surface area contributed by atoms with Crippen molar-refractivity contribution in [1.82, 2.24) is 15.5 Å². The molecule has 2 N–H and O–H groups in total. The number of alkyl carbamates (subject to hydrolysis) is 1. The molecule has 2 unspecified atom stereocenters. The Balaban J connectivity index is 2.62. The normalized spacial score (nSPS) is 13.0. The molecule has 2 rings (SSSR count). The highest BCUT2D eigenvalue weighted by molar-refractivity contribution is 5.93. The highest BCUT2D eigenvalue weighted by atomic mass is 16.6. The fraction of sp³-hybridized carbons (Fsp3) is 0.484. The quantitative estimate of drug-likeness (QED) is 0.445. The Morgan fingerprint density at radius 3 is 2.05 bits per heavy atom. The minimum Gasteiger partial charge on any atom is -0.468 e. The summed E-state index contributed by atoms with van der Waals surface area (Å²) in [6.45, 7) is 14.2. The zero-order valence-corrected chi connectivity index (χ0v) is 25.1. The van der Waals surface area contributed by atoms with Gasteiger partial charge in [0, 0.05) is 12.0 Å². The Bertz CT molecular complexity index is 1200. The van der Waals surface area contributed by atoms with Gasteiger partial charge in [-0.15, -0.1) is 0 Å². The molecule has 2 aromatic carbocycles. The van der Waals surface area contributed by atoms with Crippen molar-refractivity contribution in [2.75, 3.05) is 13.7 Å². The zero-order chi connectivity index (χ0) is 30.3. The Labute approximate surface area is 237 Å². The number of carbonyl (C=O) groups is 4. The fourth-order valence-electron chi connectivity index (χ4n) is 4.19. The number of aryl methyl sites for hydroxylation is 2. The number of esters is 1. The summed E-state index contributed by atoms with van der Waals surface area (Å²) in [5.74, 6) is -1.64. The Morgan fingerprint density at radius 2 is 1.52 bits per heavy atom. The van der Waals surface area contributed by atoms with Crippen molar-refractivity contribution in [2.45, 2.75) is 85.0 Å². The smallest absolute Gasteiger partial charge is 0.408 e. The summed E-state index contributed by atoms with van der Waals surface area (Å²) in [4.78, 5) is 54.3. The van der Waals surface area contributed by atoms with Crippen LogP contribution < -0.4 is 10.6 Å². The molecule has 0 spiro atoms. The SMILES string of the molecule is COC(=O)CNC(=O)C(c1ccc(C)c(C)c1)N(C(=O)C(Cc1ccccc1)NC(=O)OC(C)(C)C)C(C)(C)C. The minimum absolute atomic E-state index is 0.176. The lowest BCUT2D eigenvalue weighted by Gasteiger charge is -2.43. The average molecular weight is 554 g/mol. The van der Waals surface area contributed by atoms with Crippen molar-refractivity contribution in [3.8, 4) is 0 Å². The largest absolute Gasteiger partial charge is 0.468 e. The second-order valence-electron chi connectivity index (χ2n) is 11.8. The molecule has 0 saturated heterocycles. The van der Waals surface area contributed by atoms with Crippen LogP contribution in [0.25, 0.3) is 0 Å². The molecule has 0 heterocycles. The molecule has 0 radical (unpaired) electrons. The number of benzene rings is 2. The van der Waals surface area contributed by atoms with Gasteiger partial charge in [-0.3, -0.25) is 14.4 Å². The van der Waals surface area contributed by atoms with Gasteiger partial charge in [0.25, 0.3) is 0 Å². The summed E-state index contributed by atoms with van der Waals surface area (Å²) in [6, 6.07) is 12.7. The molecular formula is C31H43N3O6. The molecule has 40 heavy (non-hydrogen) atoms. The van der Waals surface area contributed by atoms with Crippen LogP contribution in [0.1, 0.15) is 69.8 Å². The van der Waals surface area contributed by atoms with Crippen LogP contribution in [0.15, 0.2) is 48.5 Å². The molecule has 9 heteroatoms. The van der Waals surface area contributed by atoms with E-state index in [2.05, 4.69) is 15.4 Å². The Hall–Kier alpha value is -3.88. The molecule has 9 nitrogen and oxygen atoms in total. The van der Waals surface area contributed by atoms with Gasteiger partial charge in [0.1, 0.15) is 24.2 Å². The van der Waals surface area contributed by atoms with Crippen LogP contribution in [0, 0.1) is 13.8 Å². The van der Waals surface area contributed by atoms with Crippen LogP contribution in [-0.4, -0.2) is 59.6 Å². The lowest BCUT2D eigenvalue weighted by Crippen LogP contribution is -2.59. The predicted octanol–water partition coefficient (Wildman–Crippen LogP) is 4.40. The van der Waals surface area contributed by atoms with E-state index in [0.717, 1.165) is 16.7 Å². The third-order valence-corrected chi connectivity index (χ3v) is 6.22. The highest BCUT2D eigenvalue weighted by Crippen LogP contribution is 2.31. The van der Waals surface area contributed by atoms with Gasteiger partial charge in [-0.25, -0.2) is 4.79 Å². The van der Waals surface area contributed by atoms with Crippen molar-refractivity contribution in [2.24, 2.45) is 0 Å². The Morgan fingerprint density at radius 1 is 0.900 bits per heavy atom. The molecule has 0 aliphatic rings. The number of nitrogens with zero attached hydrogens (tertiary/aromatic N) is 1. The van der Waals surface area contributed by atoms with E-state index < -0.39 is 47.1 Å². The first-order chi connectivity index (χ1) is 18.5. The maximum atomic E-state index is 14.4. The number of hydrogen-bond acceptors (Lipinski definition) is 6. The van der Waals surface area contributed by atoms with Gasteiger partial charge >= 0.3 is 12.1 Å². The number of ether oxygens (including phenoxy) is 2. The third-order valence-electron chi connectivity index (χ3n) is 6.22.